The summed E-state index contributed by atoms with van der Waals surface area (Å²) >= 11 is 0. The number of ether oxygens (including phenoxy) is 2. The van der Waals surface area contributed by atoms with Gasteiger partial charge in [-0.25, -0.2) is 0 Å². The van der Waals surface area contributed by atoms with Crippen LogP contribution in [0.2, 0.25) is 0 Å². The molecule has 1 aliphatic heterocycles. The fourth-order valence-corrected chi connectivity index (χ4v) is 2.51. The first-order chi connectivity index (χ1) is 11.6. The van der Waals surface area contributed by atoms with Gasteiger partial charge >= 0.3 is 11.8 Å². The van der Waals surface area contributed by atoms with Crippen LogP contribution in [0.25, 0.3) is 0 Å². The minimum absolute atomic E-state index is 0.467. The zero-order chi connectivity index (χ0) is 17.4. The van der Waals surface area contributed by atoms with Crippen molar-refractivity contribution in [2.75, 3.05) is 51.8 Å². The second-order valence-electron chi connectivity index (χ2n) is 5.72. The van der Waals surface area contributed by atoms with Gasteiger partial charge < -0.3 is 20.1 Å². The predicted octanol–water partition coefficient (Wildman–Crippen LogP) is 0.781. The summed E-state index contributed by atoms with van der Waals surface area (Å²) in [5.74, 6) is -0.806. The van der Waals surface area contributed by atoms with Gasteiger partial charge in [0, 0.05) is 19.6 Å². The Kier molecular flexibility index (Phi) is 7.02. The Morgan fingerprint density at radius 1 is 1.25 bits per heavy atom. The van der Waals surface area contributed by atoms with Crippen molar-refractivity contribution in [1.29, 1.82) is 0 Å². The molecule has 0 aromatic heterocycles. The Hall–Kier alpha value is -2.12. The topological polar surface area (TPSA) is 79.9 Å². The molecule has 7 heteroatoms. The summed E-state index contributed by atoms with van der Waals surface area (Å²) < 4.78 is 10.5. The lowest BCUT2D eigenvalue weighted by molar-refractivity contribution is -0.136. The van der Waals surface area contributed by atoms with Crippen LogP contribution in [0.5, 0.6) is 5.75 Å². The van der Waals surface area contributed by atoms with E-state index in [1.165, 1.54) is 7.11 Å². The van der Waals surface area contributed by atoms with Crippen LogP contribution in [0.4, 0.5) is 5.69 Å². The quantitative estimate of drug-likeness (QED) is 0.593. The highest BCUT2D eigenvalue weighted by atomic mass is 16.5. The van der Waals surface area contributed by atoms with E-state index in [1.54, 1.807) is 12.1 Å². The molecule has 1 aromatic rings. The standard InChI is InChI=1S/C17H25N3O4/c1-13-4-5-15(23-2)14(12-13)19-17(22)16(21)18-6-3-7-20-8-10-24-11-9-20/h4-5,12H,3,6-11H2,1-2H3,(H,18,21)(H,19,22). The molecule has 132 valence electrons. The Balaban J connectivity index is 1.74. The molecule has 2 rings (SSSR count). The van der Waals surface area contributed by atoms with Crippen LogP contribution in [0, 0.1) is 6.92 Å². The van der Waals surface area contributed by atoms with E-state index in [0.717, 1.165) is 44.8 Å². The molecule has 1 aliphatic rings. The lowest BCUT2D eigenvalue weighted by Gasteiger charge is -2.26. The van der Waals surface area contributed by atoms with Gasteiger partial charge in [-0.05, 0) is 37.6 Å². The predicted molar refractivity (Wildman–Crippen MR) is 91.2 cm³/mol. The van der Waals surface area contributed by atoms with E-state index in [-0.39, 0.29) is 0 Å². The molecule has 7 nitrogen and oxygen atoms in total. The molecular weight excluding hydrogens is 310 g/mol. The molecule has 0 saturated carbocycles. The zero-order valence-corrected chi connectivity index (χ0v) is 14.3. The highest BCUT2D eigenvalue weighted by molar-refractivity contribution is 6.39. The number of rotatable bonds is 6. The Morgan fingerprint density at radius 3 is 2.71 bits per heavy atom. The lowest BCUT2D eigenvalue weighted by Crippen LogP contribution is -2.39. The normalized spacial score (nSPS) is 14.9. The van der Waals surface area contributed by atoms with Crippen molar-refractivity contribution in [1.82, 2.24) is 10.2 Å². The van der Waals surface area contributed by atoms with E-state index in [1.807, 2.05) is 13.0 Å². The molecule has 0 aliphatic carbocycles. The maximum Gasteiger partial charge on any atom is 0.313 e. The van der Waals surface area contributed by atoms with E-state index >= 15 is 0 Å². The fourth-order valence-electron chi connectivity index (χ4n) is 2.51. The summed E-state index contributed by atoms with van der Waals surface area (Å²) in [6, 6.07) is 5.40. The molecule has 0 bridgehead atoms. The third kappa shape index (κ3) is 5.50. The highest BCUT2D eigenvalue weighted by Crippen LogP contribution is 2.24. The average Bonchev–Trinajstić information content (AvgIpc) is 2.59. The lowest BCUT2D eigenvalue weighted by atomic mass is 10.2. The van der Waals surface area contributed by atoms with Crippen molar-refractivity contribution >= 4 is 17.5 Å². The van der Waals surface area contributed by atoms with Crippen molar-refractivity contribution in [3.05, 3.63) is 23.8 Å². The number of nitrogens with one attached hydrogen (secondary N) is 2. The van der Waals surface area contributed by atoms with E-state index in [4.69, 9.17) is 9.47 Å². The SMILES string of the molecule is COc1ccc(C)cc1NC(=O)C(=O)NCCCN1CCOCC1. The van der Waals surface area contributed by atoms with Crippen molar-refractivity contribution in [2.24, 2.45) is 0 Å². The molecule has 2 amide bonds. The van der Waals surface area contributed by atoms with Gasteiger partial charge in [0.15, 0.2) is 0 Å². The number of amides is 2. The maximum atomic E-state index is 12.0. The number of hydrogen-bond acceptors (Lipinski definition) is 5. The van der Waals surface area contributed by atoms with Gasteiger partial charge in [0.1, 0.15) is 5.75 Å². The van der Waals surface area contributed by atoms with E-state index in [2.05, 4.69) is 15.5 Å². The summed E-state index contributed by atoms with van der Waals surface area (Å²) in [5, 5.41) is 5.23. The number of anilines is 1. The van der Waals surface area contributed by atoms with Gasteiger partial charge in [0.05, 0.1) is 26.0 Å². The number of methoxy groups -OCH3 is 1. The molecular formula is C17H25N3O4. The summed E-state index contributed by atoms with van der Waals surface area (Å²) in [6.45, 7) is 6.61. The minimum atomic E-state index is -0.690. The van der Waals surface area contributed by atoms with Gasteiger partial charge in [-0.1, -0.05) is 6.07 Å². The molecule has 2 N–H and O–H groups in total. The monoisotopic (exact) mass is 335 g/mol. The number of carbonyl (C=O) groups excluding carboxylic acids is 2. The van der Waals surface area contributed by atoms with Gasteiger partial charge in [0.25, 0.3) is 0 Å². The first-order valence-corrected chi connectivity index (χ1v) is 8.14. The second-order valence-corrected chi connectivity index (χ2v) is 5.72. The van der Waals surface area contributed by atoms with Gasteiger partial charge in [-0.15, -0.1) is 0 Å². The summed E-state index contributed by atoms with van der Waals surface area (Å²) in [6.07, 6.45) is 0.798. The molecule has 0 atom stereocenters. The maximum absolute atomic E-state index is 12.0. The van der Waals surface area contributed by atoms with Crippen molar-refractivity contribution in [2.45, 2.75) is 13.3 Å². The van der Waals surface area contributed by atoms with Crippen LogP contribution in [0.3, 0.4) is 0 Å². The van der Waals surface area contributed by atoms with Crippen molar-refractivity contribution in [3.8, 4) is 5.75 Å². The Morgan fingerprint density at radius 2 is 2.00 bits per heavy atom. The number of hydrogen-bond donors (Lipinski definition) is 2. The van der Waals surface area contributed by atoms with Crippen molar-refractivity contribution < 1.29 is 19.1 Å². The number of benzene rings is 1. The highest BCUT2D eigenvalue weighted by Gasteiger charge is 2.16. The Bertz CT molecular complexity index is 571. The molecule has 0 unspecified atom stereocenters. The fraction of sp³-hybridized carbons (Fsp3) is 0.529. The number of morpholine rings is 1. The third-order valence-corrected chi connectivity index (χ3v) is 3.85. The van der Waals surface area contributed by atoms with Crippen LogP contribution in [0.15, 0.2) is 18.2 Å². The Labute approximate surface area is 142 Å². The van der Waals surface area contributed by atoms with E-state index in [9.17, 15) is 9.59 Å². The summed E-state index contributed by atoms with van der Waals surface area (Å²) in [7, 11) is 1.52. The number of aryl methyl sites for hydroxylation is 1. The molecule has 1 fully saturated rings. The molecule has 0 spiro atoms. The molecule has 1 aromatic carbocycles. The van der Waals surface area contributed by atoms with E-state index in [0.29, 0.717) is 18.0 Å². The minimum Gasteiger partial charge on any atom is -0.495 e. The van der Waals surface area contributed by atoms with Crippen LogP contribution < -0.4 is 15.4 Å². The largest absolute Gasteiger partial charge is 0.495 e. The molecule has 0 radical (unpaired) electrons. The van der Waals surface area contributed by atoms with Crippen LogP contribution >= 0.6 is 0 Å². The number of carbonyl (C=O) groups is 2. The van der Waals surface area contributed by atoms with Crippen LogP contribution in [-0.4, -0.2) is 63.2 Å². The third-order valence-electron chi connectivity index (χ3n) is 3.85. The van der Waals surface area contributed by atoms with Crippen LogP contribution in [0.1, 0.15) is 12.0 Å². The van der Waals surface area contributed by atoms with E-state index < -0.39 is 11.8 Å². The first kappa shape index (κ1) is 18.2. The van der Waals surface area contributed by atoms with Crippen LogP contribution in [-0.2, 0) is 14.3 Å². The van der Waals surface area contributed by atoms with Gasteiger partial charge in [-0.2, -0.15) is 0 Å². The van der Waals surface area contributed by atoms with Gasteiger partial charge in [0.2, 0.25) is 0 Å². The van der Waals surface area contributed by atoms with Crippen molar-refractivity contribution in [3.63, 3.8) is 0 Å². The zero-order valence-electron chi connectivity index (χ0n) is 14.3. The summed E-state index contributed by atoms with van der Waals surface area (Å²) in [4.78, 5) is 26.2. The average molecular weight is 335 g/mol. The molecule has 1 heterocycles. The smallest absolute Gasteiger partial charge is 0.313 e. The first-order valence-electron chi connectivity index (χ1n) is 8.14. The molecule has 1 saturated heterocycles. The molecule has 24 heavy (non-hydrogen) atoms. The van der Waals surface area contributed by atoms with Gasteiger partial charge in [-0.3, -0.25) is 14.5 Å². The number of nitrogens with zero attached hydrogens (tertiary/aromatic N) is 1. The second kappa shape index (κ2) is 9.24. The summed E-state index contributed by atoms with van der Waals surface area (Å²) in [5.41, 5.74) is 1.46.